The van der Waals surface area contributed by atoms with Crippen molar-refractivity contribution in [1.29, 1.82) is 0 Å². The first-order valence-corrected chi connectivity index (χ1v) is 4.35. The largest absolute Gasteiger partial charge is 0.305 e. The SMILES string of the molecule is CONCc1ccc2cnncc2c1. The van der Waals surface area contributed by atoms with Gasteiger partial charge >= 0.3 is 0 Å². The summed E-state index contributed by atoms with van der Waals surface area (Å²) < 4.78 is 0. The lowest BCUT2D eigenvalue weighted by molar-refractivity contribution is 0.0867. The molecular formula is C10H11N3O. The summed E-state index contributed by atoms with van der Waals surface area (Å²) in [6.45, 7) is 0.689. The van der Waals surface area contributed by atoms with Crippen molar-refractivity contribution in [3.63, 3.8) is 0 Å². The molecule has 0 aliphatic carbocycles. The normalized spacial score (nSPS) is 10.6. The van der Waals surface area contributed by atoms with E-state index >= 15 is 0 Å². The van der Waals surface area contributed by atoms with Gasteiger partial charge in [0.2, 0.25) is 0 Å². The molecule has 0 aliphatic heterocycles. The zero-order valence-electron chi connectivity index (χ0n) is 7.90. The molecule has 0 spiro atoms. The summed E-state index contributed by atoms with van der Waals surface area (Å²) in [5.41, 5.74) is 3.95. The first-order chi connectivity index (χ1) is 6.90. The van der Waals surface area contributed by atoms with Crippen molar-refractivity contribution in [3.8, 4) is 0 Å². The average Bonchev–Trinajstić information content (AvgIpc) is 2.26. The van der Waals surface area contributed by atoms with Gasteiger partial charge in [0.15, 0.2) is 0 Å². The van der Waals surface area contributed by atoms with Gasteiger partial charge in [-0.1, -0.05) is 12.1 Å². The van der Waals surface area contributed by atoms with Gasteiger partial charge in [-0.15, -0.1) is 0 Å². The lowest BCUT2D eigenvalue weighted by atomic mass is 10.1. The summed E-state index contributed by atoms with van der Waals surface area (Å²) in [6, 6.07) is 6.13. The van der Waals surface area contributed by atoms with E-state index in [4.69, 9.17) is 4.84 Å². The summed E-state index contributed by atoms with van der Waals surface area (Å²) in [5, 5.41) is 9.84. The third-order valence-corrected chi connectivity index (χ3v) is 2.03. The van der Waals surface area contributed by atoms with Crippen LogP contribution in [0, 0.1) is 0 Å². The number of fused-ring (bicyclic) bond motifs is 1. The van der Waals surface area contributed by atoms with E-state index < -0.39 is 0 Å². The van der Waals surface area contributed by atoms with Crippen LogP contribution in [0.25, 0.3) is 10.8 Å². The molecule has 0 aliphatic rings. The number of hydrogen-bond donors (Lipinski definition) is 1. The number of aromatic nitrogens is 2. The summed E-state index contributed by atoms with van der Waals surface area (Å²) in [4.78, 5) is 4.78. The third kappa shape index (κ3) is 1.86. The number of hydroxylamine groups is 1. The minimum absolute atomic E-state index is 0.689. The standard InChI is InChI=1S/C10H11N3O/c1-14-13-5-8-2-3-9-6-11-12-7-10(9)4-8/h2-4,6-7,13H,5H2,1H3. The summed E-state index contributed by atoms with van der Waals surface area (Å²) in [5.74, 6) is 0. The summed E-state index contributed by atoms with van der Waals surface area (Å²) >= 11 is 0. The van der Waals surface area contributed by atoms with Crippen LogP contribution in [0.4, 0.5) is 0 Å². The number of rotatable bonds is 3. The Labute approximate surface area is 81.9 Å². The fourth-order valence-electron chi connectivity index (χ4n) is 1.31. The van der Waals surface area contributed by atoms with Gasteiger partial charge in [-0.2, -0.15) is 15.7 Å². The van der Waals surface area contributed by atoms with Crippen molar-refractivity contribution in [2.24, 2.45) is 0 Å². The molecule has 0 fully saturated rings. The molecule has 1 aromatic heterocycles. The molecule has 2 aromatic rings. The van der Waals surface area contributed by atoms with Crippen LogP contribution in [0.2, 0.25) is 0 Å². The van der Waals surface area contributed by atoms with Crippen LogP contribution in [-0.2, 0) is 11.4 Å². The van der Waals surface area contributed by atoms with Crippen LogP contribution in [0.1, 0.15) is 5.56 Å². The molecule has 4 nitrogen and oxygen atoms in total. The van der Waals surface area contributed by atoms with Crippen molar-refractivity contribution in [2.45, 2.75) is 6.54 Å². The second-order valence-corrected chi connectivity index (χ2v) is 2.98. The molecule has 4 heteroatoms. The molecule has 0 unspecified atom stereocenters. The van der Waals surface area contributed by atoms with E-state index in [0.29, 0.717) is 6.54 Å². The minimum atomic E-state index is 0.689. The van der Waals surface area contributed by atoms with Crippen molar-refractivity contribution >= 4 is 10.8 Å². The first-order valence-electron chi connectivity index (χ1n) is 4.35. The molecule has 0 amide bonds. The Morgan fingerprint density at radius 2 is 2.00 bits per heavy atom. The summed E-state index contributed by atoms with van der Waals surface area (Å²) in [6.07, 6.45) is 3.51. The van der Waals surface area contributed by atoms with Gasteiger partial charge < -0.3 is 4.84 Å². The second kappa shape index (κ2) is 4.13. The maximum absolute atomic E-state index is 4.78. The van der Waals surface area contributed by atoms with Crippen LogP contribution in [0.5, 0.6) is 0 Å². The van der Waals surface area contributed by atoms with Crippen molar-refractivity contribution < 1.29 is 4.84 Å². The van der Waals surface area contributed by atoms with E-state index in [-0.39, 0.29) is 0 Å². The zero-order chi connectivity index (χ0) is 9.80. The van der Waals surface area contributed by atoms with E-state index in [1.54, 1.807) is 19.5 Å². The fourth-order valence-corrected chi connectivity index (χ4v) is 1.31. The predicted molar refractivity (Wildman–Crippen MR) is 53.4 cm³/mol. The number of nitrogens with one attached hydrogen (secondary N) is 1. The van der Waals surface area contributed by atoms with E-state index in [0.717, 1.165) is 16.3 Å². The van der Waals surface area contributed by atoms with Crippen molar-refractivity contribution in [1.82, 2.24) is 15.7 Å². The molecule has 2 rings (SSSR count). The Morgan fingerprint density at radius 3 is 2.79 bits per heavy atom. The highest BCUT2D eigenvalue weighted by atomic mass is 16.6. The van der Waals surface area contributed by atoms with Crippen LogP contribution in [0.3, 0.4) is 0 Å². The van der Waals surface area contributed by atoms with E-state index in [9.17, 15) is 0 Å². The van der Waals surface area contributed by atoms with Crippen LogP contribution < -0.4 is 5.48 Å². The highest BCUT2D eigenvalue weighted by Crippen LogP contribution is 2.13. The average molecular weight is 189 g/mol. The Bertz CT molecular complexity index is 430. The molecule has 1 aromatic carbocycles. The maximum atomic E-state index is 4.78. The molecule has 1 N–H and O–H groups in total. The maximum Gasteiger partial charge on any atom is 0.0574 e. The van der Waals surface area contributed by atoms with Crippen LogP contribution in [0.15, 0.2) is 30.6 Å². The molecule has 0 saturated carbocycles. The highest BCUT2D eigenvalue weighted by molar-refractivity contribution is 5.81. The predicted octanol–water partition coefficient (Wildman–Crippen LogP) is 1.28. The fraction of sp³-hybridized carbons (Fsp3) is 0.200. The zero-order valence-corrected chi connectivity index (χ0v) is 7.90. The highest BCUT2D eigenvalue weighted by Gasteiger charge is 1.96. The Kier molecular flexibility index (Phi) is 2.67. The third-order valence-electron chi connectivity index (χ3n) is 2.03. The van der Waals surface area contributed by atoms with Crippen molar-refractivity contribution in [3.05, 3.63) is 36.2 Å². The second-order valence-electron chi connectivity index (χ2n) is 2.98. The van der Waals surface area contributed by atoms with Gasteiger partial charge in [0, 0.05) is 17.3 Å². The number of hydrogen-bond acceptors (Lipinski definition) is 4. The van der Waals surface area contributed by atoms with Crippen LogP contribution in [-0.4, -0.2) is 17.3 Å². The molecule has 0 saturated heterocycles. The molecule has 72 valence electrons. The molecule has 14 heavy (non-hydrogen) atoms. The molecule has 0 atom stereocenters. The first kappa shape index (κ1) is 9.05. The van der Waals surface area contributed by atoms with E-state index in [1.807, 2.05) is 12.1 Å². The van der Waals surface area contributed by atoms with Crippen molar-refractivity contribution in [2.75, 3.05) is 7.11 Å². The molecular weight excluding hydrogens is 178 g/mol. The Morgan fingerprint density at radius 1 is 1.21 bits per heavy atom. The quantitative estimate of drug-likeness (QED) is 0.739. The topological polar surface area (TPSA) is 47.0 Å². The molecule has 1 heterocycles. The van der Waals surface area contributed by atoms with Gasteiger partial charge in [0.25, 0.3) is 0 Å². The smallest absolute Gasteiger partial charge is 0.0574 e. The van der Waals surface area contributed by atoms with Gasteiger partial charge in [0.05, 0.1) is 19.5 Å². The van der Waals surface area contributed by atoms with Gasteiger partial charge in [0.1, 0.15) is 0 Å². The number of nitrogens with zero attached hydrogens (tertiary/aromatic N) is 2. The Balaban J connectivity index is 2.32. The van der Waals surface area contributed by atoms with E-state index in [1.165, 1.54) is 0 Å². The molecule has 0 bridgehead atoms. The summed E-state index contributed by atoms with van der Waals surface area (Å²) in [7, 11) is 1.60. The lowest BCUT2D eigenvalue weighted by Crippen LogP contribution is -2.10. The van der Waals surface area contributed by atoms with Gasteiger partial charge in [-0.25, -0.2) is 0 Å². The monoisotopic (exact) mass is 189 g/mol. The number of benzene rings is 1. The Hall–Kier alpha value is -1.52. The molecule has 0 radical (unpaired) electrons. The van der Waals surface area contributed by atoms with Crippen LogP contribution >= 0.6 is 0 Å². The van der Waals surface area contributed by atoms with Gasteiger partial charge in [-0.05, 0) is 11.6 Å². The van der Waals surface area contributed by atoms with Gasteiger partial charge in [-0.3, -0.25) is 0 Å². The minimum Gasteiger partial charge on any atom is -0.305 e. The van der Waals surface area contributed by atoms with E-state index in [2.05, 4.69) is 21.7 Å². The lowest BCUT2D eigenvalue weighted by Gasteiger charge is -2.03.